The van der Waals surface area contributed by atoms with E-state index < -0.39 is 0 Å². The number of hydrogen-bond acceptors (Lipinski definition) is 3. The van der Waals surface area contributed by atoms with Gasteiger partial charge < -0.3 is 10.8 Å². The zero-order valence-electron chi connectivity index (χ0n) is 7.92. The molecule has 14 heavy (non-hydrogen) atoms. The molecule has 4 heteroatoms. The molecule has 1 aromatic rings. The van der Waals surface area contributed by atoms with Crippen LogP contribution >= 0.6 is 22.9 Å². The van der Waals surface area contributed by atoms with Crippen molar-refractivity contribution in [3.63, 3.8) is 0 Å². The maximum Gasteiger partial charge on any atom is 0.0595 e. The summed E-state index contributed by atoms with van der Waals surface area (Å²) in [5.41, 5.74) is 7.24. The first-order valence-corrected chi connectivity index (χ1v) is 6.10. The van der Waals surface area contributed by atoms with E-state index in [1.54, 1.807) is 11.3 Å². The van der Waals surface area contributed by atoms with Crippen LogP contribution in [0.2, 0.25) is 5.02 Å². The quantitative estimate of drug-likeness (QED) is 0.839. The van der Waals surface area contributed by atoms with Crippen LogP contribution in [0, 0.1) is 0 Å². The predicted molar refractivity (Wildman–Crippen MR) is 60.0 cm³/mol. The summed E-state index contributed by atoms with van der Waals surface area (Å²) in [6.45, 7) is 0.125. The number of aliphatic hydroxyl groups excluding tert-OH is 1. The topological polar surface area (TPSA) is 46.2 Å². The Bertz CT molecular complexity index is 337. The fraction of sp³-hybridized carbons (Fsp3) is 0.600. The lowest BCUT2D eigenvalue weighted by molar-refractivity contribution is 0.277. The van der Waals surface area contributed by atoms with Crippen LogP contribution < -0.4 is 5.73 Å². The fourth-order valence-corrected chi connectivity index (χ4v) is 3.74. The van der Waals surface area contributed by atoms with Gasteiger partial charge in [0, 0.05) is 22.4 Å². The molecule has 0 aromatic carbocycles. The summed E-state index contributed by atoms with van der Waals surface area (Å²) in [5, 5.41) is 9.68. The standard InChI is InChI=1S/C10H14ClNOS/c11-9-6-2-1-3-8(6)14-10(9)7(12)4-5-13/h7,13H,1-5,12H2. The van der Waals surface area contributed by atoms with Gasteiger partial charge in [0.15, 0.2) is 0 Å². The minimum atomic E-state index is -0.0944. The Morgan fingerprint density at radius 3 is 2.93 bits per heavy atom. The SMILES string of the molecule is NC(CCO)c1sc2c(c1Cl)CCC2. The summed E-state index contributed by atoms with van der Waals surface area (Å²) in [5.74, 6) is 0. The highest BCUT2D eigenvalue weighted by molar-refractivity contribution is 7.13. The van der Waals surface area contributed by atoms with Gasteiger partial charge in [-0.25, -0.2) is 0 Å². The van der Waals surface area contributed by atoms with E-state index in [0.29, 0.717) is 6.42 Å². The van der Waals surface area contributed by atoms with Crippen LogP contribution in [0.15, 0.2) is 0 Å². The number of halogens is 1. The van der Waals surface area contributed by atoms with E-state index in [4.69, 9.17) is 22.4 Å². The number of aliphatic hydroxyl groups is 1. The summed E-state index contributed by atoms with van der Waals surface area (Å²) in [6, 6.07) is -0.0944. The third-order valence-corrected chi connectivity index (χ3v) is 4.63. The molecule has 1 atom stereocenters. The molecule has 1 unspecified atom stereocenters. The molecule has 0 saturated carbocycles. The van der Waals surface area contributed by atoms with E-state index in [2.05, 4.69) is 0 Å². The lowest BCUT2D eigenvalue weighted by atomic mass is 10.1. The molecule has 1 aliphatic carbocycles. The smallest absolute Gasteiger partial charge is 0.0595 e. The van der Waals surface area contributed by atoms with Crippen LogP contribution in [0.4, 0.5) is 0 Å². The van der Waals surface area contributed by atoms with Crippen LogP contribution in [-0.2, 0) is 12.8 Å². The van der Waals surface area contributed by atoms with E-state index in [0.717, 1.165) is 22.7 Å². The van der Waals surface area contributed by atoms with E-state index >= 15 is 0 Å². The maximum absolute atomic E-state index is 8.82. The first-order valence-electron chi connectivity index (χ1n) is 4.90. The second-order valence-corrected chi connectivity index (χ2v) is 5.17. The molecule has 0 fully saturated rings. The lowest BCUT2D eigenvalue weighted by Gasteiger charge is -2.08. The van der Waals surface area contributed by atoms with Crippen LogP contribution in [0.25, 0.3) is 0 Å². The Hall–Kier alpha value is -0.0900. The largest absolute Gasteiger partial charge is 0.396 e. The number of fused-ring (bicyclic) bond motifs is 1. The third-order valence-electron chi connectivity index (χ3n) is 2.66. The van der Waals surface area contributed by atoms with Gasteiger partial charge in [0.25, 0.3) is 0 Å². The molecule has 1 aromatic heterocycles. The Kier molecular flexibility index (Phi) is 3.12. The zero-order chi connectivity index (χ0) is 10.1. The molecule has 78 valence electrons. The molecule has 0 radical (unpaired) electrons. The number of hydrogen-bond donors (Lipinski definition) is 2. The molecule has 2 nitrogen and oxygen atoms in total. The molecular weight excluding hydrogens is 218 g/mol. The Labute approximate surface area is 92.7 Å². The van der Waals surface area contributed by atoms with E-state index in [9.17, 15) is 0 Å². The summed E-state index contributed by atoms with van der Waals surface area (Å²) < 4.78 is 0. The van der Waals surface area contributed by atoms with Crippen molar-refractivity contribution in [2.45, 2.75) is 31.7 Å². The molecular formula is C10H14ClNOS. The Morgan fingerprint density at radius 1 is 1.50 bits per heavy atom. The first kappa shape index (κ1) is 10.4. The third kappa shape index (κ3) is 1.70. The van der Waals surface area contributed by atoms with E-state index in [1.807, 2.05) is 0 Å². The van der Waals surface area contributed by atoms with Gasteiger partial charge in [-0.3, -0.25) is 0 Å². The molecule has 1 aliphatic rings. The van der Waals surface area contributed by atoms with Crippen molar-refractivity contribution in [2.24, 2.45) is 5.73 Å². The van der Waals surface area contributed by atoms with Crippen molar-refractivity contribution in [1.29, 1.82) is 0 Å². The molecule has 1 heterocycles. The van der Waals surface area contributed by atoms with Crippen molar-refractivity contribution < 1.29 is 5.11 Å². The molecule has 3 N–H and O–H groups in total. The first-order chi connectivity index (χ1) is 6.74. The molecule has 0 saturated heterocycles. The van der Waals surface area contributed by atoms with Gasteiger partial charge in [0.05, 0.1) is 5.02 Å². The lowest BCUT2D eigenvalue weighted by Crippen LogP contribution is -2.10. The summed E-state index contributed by atoms with van der Waals surface area (Å²) >= 11 is 7.98. The average molecular weight is 232 g/mol. The van der Waals surface area contributed by atoms with Crippen molar-refractivity contribution in [3.8, 4) is 0 Å². The molecule has 2 rings (SSSR count). The zero-order valence-corrected chi connectivity index (χ0v) is 9.50. The molecule has 0 aliphatic heterocycles. The van der Waals surface area contributed by atoms with E-state index in [-0.39, 0.29) is 12.6 Å². The molecule has 0 bridgehead atoms. The minimum Gasteiger partial charge on any atom is -0.396 e. The number of thiophene rings is 1. The molecule has 0 spiro atoms. The van der Waals surface area contributed by atoms with Crippen LogP contribution in [0.1, 0.15) is 34.2 Å². The van der Waals surface area contributed by atoms with Crippen LogP contribution in [-0.4, -0.2) is 11.7 Å². The van der Waals surface area contributed by atoms with Crippen molar-refractivity contribution >= 4 is 22.9 Å². The highest BCUT2D eigenvalue weighted by Gasteiger charge is 2.23. The average Bonchev–Trinajstić information content (AvgIpc) is 2.69. The Morgan fingerprint density at radius 2 is 2.29 bits per heavy atom. The highest BCUT2D eigenvalue weighted by Crippen LogP contribution is 2.41. The summed E-state index contributed by atoms with van der Waals surface area (Å²) in [6.07, 6.45) is 4.05. The van der Waals surface area contributed by atoms with Crippen molar-refractivity contribution in [2.75, 3.05) is 6.61 Å². The van der Waals surface area contributed by atoms with Crippen molar-refractivity contribution in [1.82, 2.24) is 0 Å². The normalized spacial score (nSPS) is 17.1. The number of nitrogens with two attached hydrogens (primary N) is 1. The van der Waals surface area contributed by atoms with Gasteiger partial charge in [-0.2, -0.15) is 0 Å². The van der Waals surface area contributed by atoms with Crippen molar-refractivity contribution in [3.05, 3.63) is 20.3 Å². The van der Waals surface area contributed by atoms with Crippen LogP contribution in [0.3, 0.4) is 0 Å². The highest BCUT2D eigenvalue weighted by atomic mass is 35.5. The maximum atomic E-state index is 8.82. The monoisotopic (exact) mass is 231 g/mol. The van der Waals surface area contributed by atoms with Gasteiger partial charge in [-0.15, -0.1) is 11.3 Å². The fourth-order valence-electron chi connectivity index (χ4n) is 1.90. The van der Waals surface area contributed by atoms with Gasteiger partial charge in [-0.05, 0) is 31.2 Å². The number of rotatable bonds is 3. The minimum absolute atomic E-state index is 0.0944. The van der Waals surface area contributed by atoms with Gasteiger partial charge >= 0.3 is 0 Å². The Balaban J connectivity index is 2.27. The summed E-state index contributed by atoms with van der Waals surface area (Å²) in [7, 11) is 0. The van der Waals surface area contributed by atoms with Crippen LogP contribution in [0.5, 0.6) is 0 Å². The molecule has 0 amide bonds. The predicted octanol–water partition coefficient (Wildman–Crippen LogP) is 2.27. The van der Waals surface area contributed by atoms with Gasteiger partial charge in [0.1, 0.15) is 0 Å². The second kappa shape index (κ2) is 4.19. The number of aryl methyl sites for hydroxylation is 1. The van der Waals surface area contributed by atoms with E-state index in [1.165, 1.54) is 16.9 Å². The van der Waals surface area contributed by atoms with Gasteiger partial charge in [0.2, 0.25) is 0 Å². The summed E-state index contributed by atoms with van der Waals surface area (Å²) in [4.78, 5) is 2.46. The van der Waals surface area contributed by atoms with Gasteiger partial charge in [-0.1, -0.05) is 11.6 Å². The second-order valence-electron chi connectivity index (χ2n) is 3.65.